The van der Waals surface area contributed by atoms with Crippen molar-refractivity contribution in [2.75, 3.05) is 0 Å². The van der Waals surface area contributed by atoms with Gasteiger partial charge in [0.1, 0.15) is 0 Å². The molecule has 0 aliphatic heterocycles. The van der Waals surface area contributed by atoms with Crippen molar-refractivity contribution in [2.24, 2.45) is 10.1 Å². The van der Waals surface area contributed by atoms with E-state index in [4.69, 9.17) is 10.5 Å². The lowest BCUT2D eigenvalue weighted by Gasteiger charge is -1.29. The van der Waals surface area contributed by atoms with Gasteiger partial charge >= 0.3 is 0 Å². The molecule has 0 aliphatic rings. The molecule has 4 nitrogen and oxygen atoms in total. The average molecular weight is 114 g/mol. The van der Waals surface area contributed by atoms with E-state index in [0.29, 0.717) is 0 Å². The second-order valence-electron chi connectivity index (χ2n) is 0.320. The summed E-state index contributed by atoms with van der Waals surface area (Å²) in [6.07, 6.45) is 2.62. The highest BCUT2D eigenvalue weighted by atomic mass is 32.1. The average Bonchev–Trinajstić information content (AvgIpc) is 1.69. The molecule has 5 heteroatoms. The maximum Gasteiger partial charge on any atom is 0.218 e. The Morgan fingerprint density at radius 2 is 1.71 bits per heavy atom. The lowest BCUT2D eigenvalue weighted by molar-refractivity contribution is 1.45. The van der Waals surface area contributed by atoms with Crippen LogP contribution in [0.3, 0.4) is 0 Å². The fourth-order valence-corrected chi connectivity index (χ4v) is 0. The molecule has 0 fully saturated rings. The Bertz CT molecular complexity index is 106. The second kappa shape index (κ2) is 21.4. The molecule has 0 saturated heterocycles. The molecule has 0 spiro atoms. The van der Waals surface area contributed by atoms with Crippen LogP contribution in [0, 0.1) is 22.9 Å². The first-order valence-corrected chi connectivity index (χ1v) is 1.51. The fourth-order valence-electron chi connectivity index (χ4n) is 0. The van der Waals surface area contributed by atoms with Gasteiger partial charge in [0.25, 0.3) is 0 Å². The van der Waals surface area contributed by atoms with E-state index in [1.807, 2.05) is 0 Å². The first-order valence-electron chi connectivity index (χ1n) is 1.14. The molecule has 0 radical (unpaired) electrons. The normalized spacial score (nSPS) is 3.14. The van der Waals surface area contributed by atoms with Crippen molar-refractivity contribution in [1.29, 1.82) is 10.5 Å². The van der Waals surface area contributed by atoms with Crippen molar-refractivity contribution < 1.29 is 0 Å². The Kier molecular flexibility index (Phi) is 28.3. The predicted octanol–water partition coefficient (Wildman–Crippen LogP) is -0.376. The largest absolute Gasteiger partial charge is 0.337 e. The van der Waals surface area contributed by atoms with Gasteiger partial charge in [0, 0.05) is 0 Å². The predicted molar refractivity (Wildman–Crippen MR) is 25.2 cm³/mol. The Morgan fingerprint density at radius 1 is 1.57 bits per heavy atom. The zero-order valence-corrected chi connectivity index (χ0v) is 4.14. The van der Waals surface area contributed by atoms with Crippen LogP contribution in [0.4, 0.5) is 0 Å². The number of nitrogens with zero attached hydrogens (tertiary/aromatic N) is 3. The summed E-state index contributed by atoms with van der Waals surface area (Å²) in [6.45, 7) is 0. The Hall–Kier alpha value is -1.20. The smallest absolute Gasteiger partial charge is 0.218 e. The van der Waals surface area contributed by atoms with Crippen LogP contribution < -0.4 is 5.73 Å². The zero-order valence-electron chi connectivity index (χ0n) is 3.33. The topological polar surface area (TPSA) is 86.0 Å². The summed E-state index contributed by atoms with van der Waals surface area (Å²) in [6, 6.07) is 0. The molecule has 0 amide bonds. The molecular weight excluding hydrogens is 112 g/mol. The molecule has 0 saturated carbocycles. The van der Waals surface area contributed by atoms with Gasteiger partial charge in [0.15, 0.2) is 6.19 Å². The maximum atomic E-state index is 7.35. The molecule has 0 atom stereocenters. The van der Waals surface area contributed by atoms with E-state index in [-0.39, 0.29) is 0 Å². The molecule has 0 aromatic heterocycles. The lowest BCUT2D eigenvalue weighted by Crippen LogP contribution is -1.69. The first-order chi connectivity index (χ1) is 3.33. The van der Waals surface area contributed by atoms with Gasteiger partial charge in [-0.3, -0.25) is 0 Å². The summed E-state index contributed by atoms with van der Waals surface area (Å²) in [5.41, 5.74) is 4.15. The molecule has 7 heavy (non-hydrogen) atoms. The summed E-state index contributed by atoms with van der Waals surface area (Å²) in [4.78, 5) is 0. The summed E-state index contributed by atoms with van der Waals surface area (Å²) in [5, 5.41) is 14.5. The Balaban J connectivity index is 0. The van der Waals surface area contributed by atoms with E-state index in [1.165, 1.54) is 12.4 Å². The van der Waals surface area contributed by atoms with Gasteiger partial charge in [-0.2, -0.15) is 10.5 Å². The monoisotopic (exact) mass is 114 g/mol. The fraction of sp³-hybridized carbons (Fsp3) is 0. The minimum Gasteiger partial charge on any atom is -0.337 e. The molecule has 2 N–H and O–H groups in total. The zero-order chi connectivity index (χ0) is 6.12. The molecule has 0 bridgehead atoms. The van der Waals surface area contributed by atoms with Crippen molar-refractivity contribution >= 4 is 12.4 Å². The third-order valence-corrected chi connectivity index (χ3v) is 0.122. The summed E-state index contributed by atoms with van der Waals surface area (Å²) >= 11 is 3.82. The number of nitriles is 2. The van der Waals surface area contributed by atoms with Crippen LogP contribution in [0.5, 0.6) is 0 Å². The highest BCUT2D eigenvalue weighted by Crippen LogP contribution is 1.40. The SMILES string of the molecule is N#CN.N#CN=S. The number of hydrogen-bond acceptors (Lipinski definition) is 5. The highest BCUT2D eigenvalue weighted by Gasteiger charge is 1.36. The van der Waals surface area contributed by atoms with Crippen LogP contribution >= 0.6 is 0 Å². The van der Waals surface area contributed by atoms with Gasteiger partial charge in [-0.1, -0.05) is 0 Å². The van der Waals surface area contributed by atoms with Crippen molar-refractivity contribution in [2.45, 2.75) is 0 Å². The number of rotatable bonds is 0. The standard InChI is InChI=1S/CN2S.CH2N2/c2-1-3-4;2-1-3/h;2H2. The minimum atomic E-state index is 1.25. The van der Waals surface area contributed by atoms with Crippen molar-refractivity contribution in [3.8, 4) is 12.4 Å². The first kappa shape index (κ1) is 9.25. The van der Waals surface area contributed by atoms with Crippen molar-refractivity contribution in [3.63, 3.8) is 0 Å². The van der Waals surface area contributed by atoms with E-state index in [9.17, 15) is 0 Å². The lowest BCUT2D eigenvalue weighted by atomic mass is 11.5. The molecule has 0 aliphatic carbocycles. The van der Waals surface area contributed by atoms with E-state index >= 15 is 0 Å². The minimum absolute atomic E-state index is 1.25. The molecule has 0 heterocycles. The van der Waals surface area contributed by atoms with Gasteiger partial charge < -0.3 is 5.73 Å². The molecular formula is C2H2N4S. The van der Waals surface area contributed by atoms with Gasteiger partial charge in [-0.15, -0.1) is 4.36 Å². The van der Waals surface area contributed by atoms with E-state index in [1.54, 1.807) is 0 Å². The maximum absolute atomic E-state index is 7.35. The Morgan fingerprint density at radius 3 is 1.71 bits per heavy atom. The quantitative estimate of drug-likeness (QED) is 0.343. The van der Waals surface area contributed by atoms with Gasteiger partial charge in [-0.25, -0.2) is 0 Å². The van der Waals surface area contributed by atoms with E-state index in [2.05, 4.69) is 22.5 Å². The molecule has 36 valence electrons. The van der Waals surface area contributed by atoms with Crippen LogP contribution in [-0.2, 0) is 12.4 Å². The number of nitrogens with two attached hydrogens (primary N) is 1. The highest BCUT2D eigenvalue weighted by molar-refractivity contribution is 7.47. The van der Waals surface area contributed by atoms with Gasteiger partial charge in [0.2, 0.25) is 6.19 Å². The number of hydrogen-bond donors (Lipinski definition) is 1. The van der Waals surface area contributed by atoms with Crippen LogP contribution in [0.15, 0.2) is 4.36 Å². The van der Waals surface area contributed by atoms with Crippen LogP contribution in [-0.4, -0.2) is 0 Å². The molecule has 0 aromatic carbocycles. The van der Waals surface area contributed by atoms with E-state index in [0.717, 1.165) is 0 Å². The third-order valence-electron chi connectivity index (χ3n) is 0.0408. The van der Waals surface area contributed by atoms with Crippen LogP contribution in [0.25, 0.3) is 0 Å². The summed E-state index contributed by atoms with van der Waals surface area (Å²) < 4.78 is 2.62. The van der Waals surface area contributed by atoms with Gasteiger partial charge in [0.05, 0.1) is 12.4 Å². The van der Waals surface area contributed by atoms with Crippen LogP contribution in [0.1, 0.15) is 0 Å². The van der Waals surface area contributed by atoms with E-state index < -0.39 is 0 Å². The van der Waals surface area contributed by atoms with Crippen molar-refractivity contribution in [1.82, 2.24) is 0 Å². The molecule has 0 aromatic rings. The van der Waals surface area contributed by atoms with Gasteiger partial charge in [-0.05, 0) is 0 Å². The summed E-state index contributed by atoms with van der Waals surface area (Å²) in [5.74, 6) is 0. The Labute approximate surface area is 46.3 Å². The summed E-state index contributed by atoms with van der Waals surface area (Å²) in [7, 11) is 0. The molecule has 0 unspecified atom stereocenters. The van der Waals surface area contributed by atoms with Crippen molar-refractivity contribution in [3.05, 3.63) is 0 Å². The second-order valence-corrected chi connectivity index (χ2v) is 0.503. The third kappa shape index (κ3) is 941. The van der Waals surface area contributed by atoms with Crippen LogP contribution in [0.2, 0.25) is 0 Å². The molecule has 0 rings (SSSR count).